The number of halogens is 3. The summed E-state index contributed by atoms with van der Waals surface area (Å²) in [5, 5.41) is 2.27. The average molecular weight is 573 g/mol. The van der Waals surface area contributed by atoms with Crippen LogP contribution in [-0.2, 0) is 0 Å². The minimum atomic E-state index is -2.43. The Kier molecular flexibility index (Phi) is 8.52. The fraction of sp³-hybridized carbons (Fsp3) is 0. The van der Waals surface area contributed by atoms with Gasteiger partial charge in [0.05, 0.1) is 11.4 Å². The molecule has 98 valence electrons. The molecule has 0 unspecified atom stereocenters. The Labute approximate surface area is 139 Å². The summed E-state index contributed by atoms with van der Waals surface area (Å²) >= 11 is 11.8. The summed E-state index contributed by atoms with van der Waals surface area (Å²) in [7, 11) is 0. The molecule has 0 fully saturated rings. The average Bonchev–Trinajstić information content (AvgIpc) is 2.40. The van der Waals surface area contributed by atoms with Crippen LogP contribution >= 0.6 is 50.3 Å². The second-order valence-electron chi connectivity index (χ2n) is 3.10. The zero-order valence-electron chi connectivity index (χ0n) is 9.50. The van der Waals surface area contributed by atoms with Gasteiger partial charge in [-0.25, -0.2) is 0 Å². The third kappa shape index (κ3) is 8.26. The van der Waals surface area contributed by atoms with Gasteiger partial charge in [0, 0.05) is 12.4 Å². The van der Waals surface area contributed by atoms with Gasteiger partial charge in [0.1, 0.15) is 0 Å². The molecular weight excluding hydrogens is 565 g/mol. The molecule has 0 aliphatic rings. The van der Waals surface area contributed by atoms with E-state index in [4.69, 9.17) is 0 Å². The van der Waals surface area contributed by atoms with E-state index < -0.39 is 12.0 Å². The molecule has 0 saturated carbocycles. The minimum Gasteiger partial charge on any atom is -0.255 e. The Hall–Kier alpha value is 0.339. The molecule has 0 N–H and O–H groups in total. The standard InChI is InChI=1S/C10H8N2.CNS.3BrH.Sn/c1-3-7-11-9(5-1)10-6-2-4-8-12-10;2-1-3;;;;/h1-8H;;3*1H;/q;-1;;;;+4/p-3. The van der Waals surface area contributed by atoms with Crippen LogP contribution in [0.4, 0.5) is 0 Å². The number of hydrogen-bond donors (Lipinski definition) is 0. The fourth-order valence-electron chi connectivity index (χ4n) is 1.08. The van der Waals surface area contributed by atoms with E-state index in [1.807, 2.05) is 36.4 Å². The molecular formula is C11H8Br3N3SSn. The third-order valence-electron chi connectivity index (χ3n) is 1.76. The molecule has 19 heavy (non-hydrogen) atoms. The molecule has 3 nitrogen and oxygen atoms in total. The van der Waals surface area contributed by atoms with Crippen molar-refractivity contribution in [3.05, 3.63) is 48.8 Å². The molecule has 0 aliphatic carbocycles. The summed E-state index contributed by atoms with van der Waals surface area (Å²) in [6, 6.07) is 11.6. The van der Waals surface area contributed by atoms with Crippen LogP contribution in [0.5, 0.6) is 0 Å². The summed E-state index contributed by atoms with van der Waals surface area (Å²) in [6.07, 6.45) is 3.54. The minimum absolute atomic E-state index is 0.915. The quantitative estimate of drug-likeness (QED) is 0.293. The molecule has 2 aromatic heterocycles. The van der Waals surface area contributed by atoms with E-state index in [9.17, 15) is 0 Å². The van der Waals surface area contributed by atoms with E-state index in [1.54, 1.807) is 12.4 Å². The smallest absolute Gasteiger partial charge is 0.0886 e. The number of aromatic nitrogens is 2. The Balaban J connectivity index is 0.000000224. The number of rotatable bonds is 2. The molecule has 0 aromatic carbocycles. The van der Waals surface area contributed by atoms with E-state index in [2.05, 4.69) is 68.7 Å². The van der Waals surface area contributed by atoms with Crippen molar-refractivity contribution in [2.45, 2.75) is 0 Å². The Morgan fingerprint density at radius 2 is 1.42 bits per heavy atom. The summed E-state index contributed by atoms with van der Waals surface area (Å²) in [5.74, 6) is 0. The topological polar surface area (TPSA) is 38.1 Å². The summed E-state index contributed by atoms with van der Waals surface area (Å²) in [5.41, 5.74) is 1.83. The van der Waals surface area contributed by atoms with Crippen molar-refractivity contribution < 1.29 is 0 Å². The van der Waals surface area contributed by atoms with Crippen LogP contribution < -0.4 is 0 Å². The van der Waals surface area contributed by atoms with Crippen molar-refractivity contribution in [3.8, 4) is 11.4 Å². The second-order valence-corrected chi connectivity index (χ2v) is 51.1. The maximum atomic E-state index is 4.35. The van der Waals surface area contributed by atoms with Crippen LogP contribution in [0.1, 0.15) is 0 Å². The first kappa shape index (κ1) is 17.4. The van der Waals surface area contributed by atoms with Crippen molar-refractivity contribution >= 4 is 67.5 Å². The molecule has 0 aliphatic heterocycles. The maximum Gasteiger partial charge on any atom is 0.0886 e. The third-order valence-corrected chi connectivity index (χ3v) is 6.93. The van der Waals surface area contributed by atoms with Crippen molar-refractivity contribution in [2.24, 2.45) is 3.21 Å². The van der Waals surface area contributed by atoms with Crippen LogP contribution in [0.15, 0.2) is 52.0 Å². The molecule has 8 heteroatoms. The fourth-order valence-corrected chi connectivity index (χ4v) is 6.44. The van der Waals surface area contributed by atoms with Gasteiger partial charge in [-0.1, -0.05) is 12.1 Å². The first-order chi connectivity index (χ1) is 9.03. The first-order valence-electron chi connectivity index (χ1n) is 5.01. The van der Waals surface area contributed by atoms with Gasteiger partial charge < -0.3 is 0 Å². The summed E-state index contributed by atoms with van der Waals surface area (Å²) < 4.78 is 3.78. The number of pyridine rings is 2. The molecule has 2 aromatic rings. The van der Waals surface area contributed by atoms with Gasteiger partial charge in [-0.15, -0.1) is 0 Å². The number of thiocarbonyl (C=S) groups is 1. The van der Waals surface area contributed by atoms with E-state index >= 15 is 0 Å². The van der Waals surface area contributed by atoms with Crippen molar-refractivity contribution in [2.75, 3.05) is 0 Å². The Morgan fingerprint density at radius 3 is 1.63 bits per heavy atom. The van der Waals surface area contributed by atoms with Crippen LogP contribution in [0, 0.1) is 0 Å². The molecule has 0 atom stereocenters. The van der Waals surface area contributed by atoms with Crippen LogP contribution in [-0.4, -0.2) is 27.1 Å². The maximum absolute atomic E-state index is 4.35. The van der Waals surface area contributed by atoms with Gasteiger partial charge in [-0.2, -0.15) is 0 Å². The molecule has 2 heterocycles. The summed E-state index contributed by atoms with van der Waals surface area (Å²) in [6.45, 7) is 0. The predicted octanol–water partition coefficient (Wildman–Crippen LogP) is 4.85. The van der Waals surface area contributed by atoms with Gasteiger partial charge in [0.25, 0.3) is 0 Å². The van der Waals surface area contributed by atoms with Gasteiger partial charge in [0.15, 0.2) is 0 Å². The number of nitrogens with zero attached hydrogens (tertiary/aromatic N) is 3. The molecule has 0 spiro atoms. The Bertz CT molecular complexity index is 505. The largest absolute Gasteiger partial charge is 0.255 e. The van der Waals surface area contributed by atoms with Crippen molar-refractivity contribution in [1.82, 2.24) is 9.97 Å². The van der Waals surface area contributed by atoms with Gasteiger partial charge in [-0.3, -0.25) is 9.97 Å². The molecule has 0 bridgehead atoms. The van der Waals surface area contributed by atoms with E-state index in [-0.39, 0.29) is 0 Å². The van der Waals surface area contributed by atoms with Gasteiger partial charge >= 0.3 is 70.7 Å². The number of isothiocyanates is 1. The predicted molar refractivity (Wildman–Crippen MR) is 95.0 cm³/mol. The van der Waals surface area contributed by atoms with Crippen molar-refractivity contribution in [1.29, 1.82) is 0 Å². The zero-order chi connectivity index (χ0) is 14.1. The molecule has 2 rings (SSSR count). The monoisotopic (exact) mass is 571 g/mol. The van der Waals surface area contributed by atoms with E-state index in [1.165, 1.54) is 0 Å². The normalized spacial score (nSPS) is 9.84. The molecule has 0 radical (unpaired) electrons. The SMILES string of the molecule is S=C=[N][Sn]([Br])([Br])[Br].c1ccc(-c2ccccn2)nc1. The summed E-state index contributed by atoms with van der Waals surface area (Å²) in [4.78, 5) is 8.37. The number of hydrogen-bond acceptors (Lipinski definition) is 4. The van der Waals surface area contributed by atoms with Crippen molar-refractivity contribution in [3.63, 3.8) is 0 Å². The second kappa shape index (κ2) is 9.31. The molecule has 0 amide bonds. The zero-order valence-corrected chi connectivity index (χ0v) is 17.9. The first-order valence-corrected chi connectivity index (χ1v) is 25.9. The molecule has 0 saturated heterocycles. The van der Waals surface area contributed by atoms with E-state index in [0.717, 1.165) is 11.4 Å². The van der Waals surface area contributed by atoms with Crippen LogP contribution in [0.3, 0.4) is 0 Å². The van der Waals surface area contributed by atoms with Crippen LogP contribution in [0.2, 0.25) is 0 Å². The van der Waals surface area contributed by atoms with E-state index in [0.29, 0.717) is 0 Å². The Morgan fingerprint density at radius 1 is 0.947 bits per heavy atom. The van der Waals surface area contributed by atoms with Crippen LogP contribution in [0.25, 0.3) is 11.4 Å². The van der Waals surface area contributed by atoms with Gasteiger partial charge in [0.2, 0.25) is 0 Å². The van der Waals surface area contributed by atoms with Gasteiger partial charge in [-0.05, 0) is 24.3 Å².